The fourth-order valence-corrected chi connectivity index (χ4v) is 2.48. The van der Waals surface area contributed by atoms with Crippen LogP contribution in [0, 0.1) is 5.82 Å². The van der Waals surface area contributed by atoms with Gasteiger partial charge < -0.3 is 15.7 Å². The molecule has 2 aromatic carbocycles. The number of nitrogens with two attached hydrogens (primary N) is 1. The van der Waals surface area contributed by atoms with E-state index in [1.807, 2.05) is 18.2 Å². The van der Waals surface area contributed by atoms with Crippen molar-refractivity contribution in [3.05, 3.63) is 53.9 Å². The van der Waals surface area contributed by atoms with E-state index >= 15 is 0 Å². The molecule has 0 saturated heterocycles. The van der Waals surface area contributed by atoms with Crippen molar-refractivity contribution in [3.8, 4) is 0 Å². The molecule has 4 rings (SSSR count). The molecule has 0 aliphatic heterocycles. The van der Waals surface area contributed by atoms with Gasteiger partial charge in [-0.2, -0.15) is 0 Å². The molecule has 0 unspecified atom stereocenters. The molecule has 0 saturated carbocycles. The second-order valence-corrected chi connectivity index (χ2v) is 4.92. The number of nitrogens with one attached hydrogen (secondary N) is 2. The maximum atomic E-state index is 13.6. The smallest absolute Gasteiger partial charge is 0.151 e. The first-order valence-corrected chi connectivity index (χ1v) is 6.57. The van der Waals surface area contributed by atoms with Crippen LogP contribution >= 0.6 is 24.8 Å². The van der Waals surface area contributed by atoms with E-state index in [0.29, 0.717) is 29.0 Å². The van der Waals surface area contributed by atoms with E-state index in [0.717, 1.165) is 16.9 Å². The summed E-state index contributed by atoms with van der Waals surface area (Å²) in [5, 5.41) is 0. The van der Waals surface area contributed by atoms with Gasteiger partial charge in [0.05, 0.1) is 23.1 Å². The third-order valence-corrected chi connectivity index (χ3v) is 3.44. The van der Waals surface area contributed by atoms with Crippen LogP contribution in [0.5, 0.6) is 0 Å². The van der Waals surface area contributed by atoms with Crippen molar-refractivity contribution in [2.24, 2.45) is 0 Å². The lowest BCUT2D eigenvalue weighted by atomic mass is 10.3. The summed E-state index contributed by atoms with van der Waals surface area (Å²) in [7, 11) is 0. The minimum Gasteiger partial charge on any atom is -0.397 e. The molecule has 0 aliphatic rings. The molecule has 0 fully saturated rings. The first kappa shape index (κ1) is 17.1. The summed E-state index contributed by atoms with van der Waals surface area (Å²) in [6.07, 6.45) is 0.461. The first-order chi connectivity index (χ1) is 10.2. The number of benzene rings is 2. The second kappa shape index (κ2) is 6.44. The predicted molar refractivity (Wildman–Crippen MR) is 93.9 cm³/mol. The Kier molecular flexibility index (Phi) is 4.77. The van der Waals surface area contributed by atoms with Gasteiger partial charge in [-0.3, -0.25) is 0 Å². The van der Waals surface area contributed by atoms with E-state index in [1.54, 1.807) is 12.1 Å². The molecule has 5 nitrogen and oxygen atoms in total. The zero-order valence-corrected chi connectivity index (χ0v) is 13.5. The number of hydrogen-bond acceptors (Lipinski definition) is 3. The van der Waals surface area contributed by atoms with Crippen molar-refractivity contribution in [3.63, 3.8) is 0 Å². The largest absolute Gasteiger partial charge is 0.397 e. The minimum atomic E-state index is -0.330. The maximum absolute atomic E-state index is 13.6. The lowest BCUT2D eigenvalue weighted by Gasteiger charge is -1.91. The van der Waals surface area contributed by atoms with Crippen molar-refractivity contribution >= 4 is 52.6 Å². The van der Waals surface area contributed by atoms with Gasteiger partial charge in [0, 0.05) is 0 Å². The third kappa shape index (κ3) is 2.95. The lowest BCUT2D eigenvalue weighted by molar-refractivity contribution is 0.637. The quantitative estimate of drug-likeness (QED) is 0.481. The van der Waals surface area contributed by atoms with Gasteiger partial charge in [0.2, 0.25) is 0 Å². The summed E-state index contributed by atoms with van der Waals surface area (Å²) in [6.45, 7) is 0. The van der Waals surface area contributed by atoms with E-state index in [-0.39, 0.29) is 30.6 Å². The molecule has 2 aromatic heterocycles. The molecule has 0 spiro atoms. The number of imidazole rings is 2. The van der Waals surface area contributed by atoms with Crippen molar-refractivity contribution in [1.29, 1.82) is 0 Å². The Labute approximate surface area is 143 Å². The van der Waals surface area contributed by atoms with Crippen LogP contribution < -0.4 is 5.73 Å². The topological polar surface area (TPSA) is 83.4 Å². The number of rotatable bonds is 2. The van der Waals surface area contributed by atoms with Crippen LogP contribution in [0.3, 0.4) is 0 Å². The molecule has 2 heterocycles. The Bertz CT molecular complexity index is 885. The monoisotopic (exact) mass is 353 g/mol. The molecule has 120 valence electrons. The van der Waals surface area contributed by atoms with Crippen LogP contribution in [0.15, 0.2) is 36.4 Å². The predicted octanol–water partition coefficient (Wildman–Crippen LogP) is 3.59. The zero-order valence-electron chi connectivity index (χ0n) is 11.8. The van der Waals surface area contributed by atoms with Gasteiger partial charge in [-0.05, 0) is 24.3 Å². The molecule has 0 bridgehead atoms. The van der Waals surface area contributed by atoms with Gasteiger partial charge in [-0.15, -0.1) is 24.8 Å². The molecule has 0 radical (unpaired) electrons. The Morgan fingerprint density at radius 2 is 1.43 bits per heavy atom. The zero-order chi connectivity index (χ0) is 14.4. The van der Waals surface area contributed by atoms with Gasteiger partial charge in [0.15, 0.2) is 5.82 Å². The number of nitrogens with zero attached hydrogens (tertiary/aromatic N) is 2. The normalized spacial score (nSPS) is 10.5. The number of nitrogen functional groups attached to an aromatic ring is 1. The number of fused-ring (bicyclic) bond motifs is 2. The molecule has 0 amide bonds. The molecule has 0 aliphatic carbocycles. The highest BCUT2D eigenvalue weighted by Crippen LogP contribution is 2.20. The Morgan fingerprint density at radius 3 is 2.04 bits per heavy atom. The Morgan fingerprint density at radius 1 is 0.870 bits per heavy atom. The Hall–Kier alpha value is -2.31. The van der Waals surface area contributed by atoms with Gasteiger partial charge in [-0.1, -0.05) is 12.1 Å². The molecule has 23 heavy (non-hydrogen) atoms. The number of H-pyrrole nitrogens is 2. The molecule has 4 aromatic rings. The fraction of sp³-hybridized carbons (Fsp3) is 0.0667. The van der Waals surface area contributed by atoms with Crippen molar-refractivity contribution in [1.82, 2.24) is 19.9 Å². The summed E-state index contributed by atoms with van der Waals surface area (Å²) in [5.74, 6) is 1.07. The average Bonchev–Trinajstić information content (AvgIpc) is 3.04. The number of halogens is 3. The van der Waals surface area contributed by atoms with Crippen LogP contribution in [0.25, 0.3) is 22.1 Å². The number of hydrogen-bond donors (Lipinski definition) is 3. The number of anilines is 1. The van der Waals surface area contributed by atoms with E-state index in [9.17, 15) is 4.39 Å². The second-order valence-electron chi connectivity index (χ2n) is 4.92. The van der Waals surface area contributed by atoms with Crippen molar-refractivity contribution in [2.75, 3.05) is 5.73 Å². The number of para-hydroxylation sites is 2. The first-order valence-electron chi connectivity index (χ1n) is 6.57. The highest BCUT2D eigenvalue weighted by atomic mass is 35.5. The average molecular weight is 354 g/mol. The lowest BCUT2D eigenvalue weighted by Crippen LogP contribution is -1.93. The van der Waals surface area contributed by atoms with Crippen molar-refractivity contribution < 1.29 is 4.39 Å². The van der Waals surface area contributed by atoms with Crippen LogP contribution in [-0.4, -0.2) is 19.9 Å². The maximum Gasteiger partial charge on any atom is 0.151 e. The Balaban J connectivity index is 0.000000960. The highest BCUT2D eigenvalue weighted by molar-refractivity contribution is 5.87. The minimum absolute atomic E-state index is 0. The fourth-order valence-electron chi connectivity index (χ4n) is 2.48. The van der Waals surface area contributed by atoms with E-state index in [4.69, 9.17) is 5.73 Å². The van der Waals surface area contributed by atoms with E-state index in [1.165, 1.54) is 6.07 Å². The number of aromatic nitrogens is 4. The molecule has 0 atom stereocenters. The SMILES string of the molecule is Cl.Cl.Nc1cccc2[nH]c(Cc3nc4c(F)cccc4[nH]3)nc12. The van der Waals surface area contributed by atoms with Gasteiger partial charge in [0.1, 0.15) is 22.7 Å². The third-order valence-electron chi connectivity index (χ3n) is 3.44. The van der Waals surface area contributed by atoms with Crippen LogP contribution in [0.1, 0.15) is 11.6 Å². The summed E-state index contributed by atoms with van der Waals surface area (Å²) in [4.78, 5) is 15.0. The summed E-state index contributed by atoms with van der Waals surface area (Å²) in [6, 6.07) is 10.4. The summed E-state index contributed by atoms with van der Waals surface area (Å²) < 4.78 is 13.6. The van der Waals surface area contributed by atoms with Crippen LogP contribution in [0.2, 0.25) is 0 Å². The van der Waals surface area contributed by atoms with Gasteiger partial charge in [0.25, 0.3) is 0 Å². The van der Waals surface area contributed by atoms with Crippen LogP contribution in [0.4, 0.5) is 10.1 Å². The van der Waals surface area contributed by atoms with E-state index in [2.05, 4.69) is 19.9 Å². The van der Waals surface area contributed by atoms with Gasteiger partial charge in [-0.25, -0.2) is 14.4 Å². The summed E-state index contributed by atoms with van der Waals surface area (Å²) in [5.41, 5.74) is 9.18. The molecular weight excluding hydrogens is 340 g/mol. The molecule has 4 N–H and O–H groups in total. The number of aromatic amines is 2. The molecular formula is C15H14Cl2FN5. The van der Waals surface area contributed by atoms with Gasteiger partial charge >= 0.3 is 0 Å². The van der Waals surface area contributed by atoms with E-state index < -0.39 is 0 Å². The standard InChI is InChI=1S/C15H12FN5.2ClH/c16-8-3-1-5-10-14(8)20-12(18-10)7-13-19-11-6-2-4-9(17)15(11)21-13;;/h1-6H,7,17H2,(H,18,20)(H,19,21);2*1H. The van der Waals surface area contributed by atoms with Crippen molar-refractivity contribution in [2.45, 2.75) is 6.42 Å². The highest BCUT2D eigenvalue weighted by Gasteiger charge is 2.10. The van der Waals surface area contributed by atoms with Crippen LogP contribution in [-0.2, 0) is 6.42 Å². The molecule has 8 heteroatoms. The summed E-state index contributed by atoms with van der Waals surface area (Å²) >= 11 is 0.